The molecule has 120 valence electrons. The maximum Gasteiger partial charge on any atom is 0.0594 e. The van der Waals surface area contributed by atoms with Crippen molar-refractivity contribution >= 4 is 33.2 Å². The number of hydrogen-bond donors (Lipinski definition) is 2. The highest BCUT2D eigenvalue weighted by Crippen LogP contribution is 2.31. The molecule has 0 radical (unpaired) electrons. The molecule has 5 heteroatoms. The van der Waals surface area contributed by atoms with E-state index >= 15 is 0 Å². The Morgan fingerprint density at radius 1 is 0.826 bits per heavy atom. The number of rotatable bonds is 3. The Labute approximate surface area is 135 Å². The maximum atomic E-state index is 6.02. The zero-order chi connectivity index (χ0) is 15.8. The molecule has 0 saturated carbocycles. The molecular weight excluding hydrogens is 288 g/mol. The Balaban J connectivity index is 1.77. The standard InChI is InChI=1S/C18H22N4O/c19-13-1-3-15-16-4-2-14(20)12-18(16)22(17(15)11-13)6-5-21-7-9-23-10-8-21/h1-4,11-12H,5-10,19-20H2. The third kappa shape index (κ3) is 2.62. The second kappa shape index (κ2) is 5.76. The van der Waals surface area contributed by atoms with Gasteiger partial charge in [-0.1, -0.05) is 12.1 Å². The van der Waals surface area contributed by atoms with Crippen LogP contribution in [0.15, 0.2) is 36.4 Å². The molecule has 0 spiro atoms. The number of nitrogens with zero attached hydrogens (tertiary/aromatic N) is 2. The van der Waals surface area contributed by atoms with Crippen LogP contribution in [0.4, 0.5) is 11.4 Å². The van der Waals surface area contributed by atoms with Crippen molar-refractivity contribution in [3.8, 4) is 0 Å². The third-order valence-corrected chi connectivity index (χ3v) is 4.66. The number of aromatic nitrogens is 1. The van der Waals surface area contributed by atoms with Crippen molar-refractivity contribution in [3.63, 3.8) is 0 Å². The third-order valence-electron chi connectivity index (χ3n) is 4.66. The highest BCUT2D eigenvalue weighted by molar-refractivity contribution is 6.09. The number of morpholine rings is 1. The number of anilines is 2. The fraction of sp³-hybridized carbons (Fsp3) is 0.333. The molecule has 1 aromatic heterocycles. The monoisotopic (exact) mass is 310 g/mol. The second-order valence-corrected chi connectivity index (χ2v) is 6.16. The highest BCUT2D eigenvalue weighted by Gasteiger charge is 2.14. The minimum Gasteiger partial charge on any atom is -0.399 e. The Kier molecular flexibility index (Phi) is 3.59. The molecule has 4 N–H and O–H groups in total. The summed E-state index contributed by atoms with van der Waals surface area (Å²) in [7, 11) is 0. The predicted octanol–water partition coefficient (Wildman–Crippen LogP) is 2.29. The number of benzene rings is 2. The molecule has 0 unspecified atom stereocenters. The Hall–Kier alpha value is -2.24. The average Bonchev–Trinajstić information content (AvgIpc) is 2.86. The van der Waals surface area contributed by atoms with Crippen molar-refractivity contribution in [2.24, 2.45) is 0 Å². The van der Waals surface area contributed by atoms with Crippen LogP contribution in [0.2, 0.25) is 0 Å². The Bertz CT molecular complexity index is 790. The smallest absolute Gasteiger partial charge is 0.0594 e. The van der Waals surface area contributed by atoms with E-state index in [1.54, 1.807) is 0 Å². The van der Waals surface area contributed by atoms with Gasteiger partial charge in [0.1, 0.15) is 0 Å². The van der Waals surface area contributed by atoms with Crippen LogP contribution in [0, 0.1) is 0 Å². The first-order valence-electron chi connectivity index (χ1n) is 8.09. The number of hydrogen-bond acceptors (Lipinski definition) is 4. The molecule has 2 heterocycles. The lowest BCUT2D eigenvalue weighted by Crippen LogP contribution is -2.38. The van der Waals surface area contributed by atoms with Crippen molar-refractivity contribution < 1.29 is 4.74 Å². The number of nitrogen functional groups attached to an aromatic ring is 2. The van der Waals surface area contributed by atoms with Crippen molar-refractivity contribution in [3.05, 3.63) is 36.4 Å². The zero-order valence-electron chi connectivity index (χ0n) is 13.2. The first-order valence-corrected chi connectivity index (χ1v) is 8.09. The van der Waals surface area contributed by atoms with Crippen LogP contribution in [0.5, 0.6) is 0 Å². The van der Waals surface area contributed by atoms with Crippen LogP contribution < -0.4 is 11.5 Å². The average molecular weight is 310 g/mol. The fourth-order valence-electron chi connectivity index (χ4n) is 3.44. The summed E-state index contributed by atoms with van der Waals surface area (Å²) in [5.74, 6) is 0. The molecule has 3 aromatic rings. The van der Waals surface area contributed by atoms with Crippen LogP contribution in [-0.2, 0) is 11.3 Å². The SMILES string of the molecule is Nc1ccc2c3ccc(N)cc3n(CCN3CCOCC3)c2c1. The van der Waals surface area contributed by atoms with E-state index in [0.29, 0.717) is 0 Å². The van der Waals surface area contributed by atoms with Gasteiger partial charge in [0.25, 0.3) is 0 Å². The maximum absolute atomic E-state index is 6.02. The molecule has 1 aliphatic rings. The normalized spacial score (nSPS) is 16.3. The predicted molar refractivity (Wildman–Crippen MR) is 95.5 cm³/mol. The molecular formula is C18H22N4O. The van der Waals surface area contributed by atoms with Gasteiger partial charge in [-0.25, -0.2) is 0 Å². The molecule has 0 aliphatic carbocycles. The molecule has 1 fully saturated rings. The summed E-state index contributed by atoms with van der Waals surface area (Å²) < 4.78 is 7.77. The second-order valence-electron chi connectivity index (χ2n) is 6.16. The van der Waals surface area contributed by atoms with Gasteiger partial charge in [-0.3, -0.25) is 4.90 Å². The first-order chi connectivity index (χ1) is 11.2. The van der Waals surface area contributed by atoms with E-state index in [-0.39, 0.29) is 0 Å². The summed E-state index contributed by atoms with van der Waals surface area (Å²) in [6.07, 6.45) is 0. The number of fused-ring (bicyclic) bond motifs is 3. The van der Waals surface area contributed by atoms with Crippen LogP contribution in [-0.4, -0.2) is 42.3 Å². The van der Waals surface area contributed by atoms with E-state index in [1.807, 2.05) is 12.1 Å². The van der Waals surface area contributed by atoms with Gasteiger partial charge in [-0.05, 0) is 24.3 Å². The van der Waals surface area contributed by atoms with Gasteiger partial charge in [0.05, 0.1) is 24.2 Å². The number of nitrogens with two attached hydrogens (primary N) is 2. The van der Waals surface area contributed by atoms with Crippen LogP contribution in [0.1, 0.15) is 0 Å². The minimum absolute atomic E-state index is 0.793. The molecule has 1 aliphatic heterocycles. The number of ether oxygens (including phenoxy) is 1. The first kappa shape index (κ1) is 14.4. The van der Waals surface area contributed by atoms with E-state index in [0.717, 1.165) is 50.8 Å². The summed E-state index contributed by atoms with van der Waals surface area (Å²) >= 11 is 0. The van der Waals surface area contributed by atoms with Crippen molar-refractivity contribution in [2.45, 2.75) is 6.54 Å². The molecule has 2 aromatic carbocycles. The van der Waals surface area contributed by atoms with Gasteiger partial charge >= 0.3 is 0 Å². The lowest BCUT2D eigenvalue weighted by molar-refractivity contribution is 0.0366. The van der Waals surface area contributed by atoms with Gasteiger partial charge in [0, 0.05) is 48.3 Å². The van der Waals surface area contributed by atoms with E-state index in [1.165, 1.54) is 21.8 Å². The Morgan fingerprint density at radius 3 is 1.96 bits per heavy atom. The molecule has 0 atom stereocenters. The molecule has 5 nitrogen and oxygen atoms in total. The summed E-state index contributed by atoms with van der Waals surface area (Å²) in [5.41, 5.74) is 16.0. The largest absolute Gasteiger partial charge is 0.399 e. The summed E-state index contributed by atoms with van der Waals surface area (Å²) in [6, 6.07) is 12.3. The van der Waals surface area contributed by atoms with Gasteiger partial charge < -0.3 is 20.8 Å². The van der Waals surface area contributed by atoms with Crippen LogP contribution in [0.25, 0.3) is 21.8 Å². The summed E-state index contributed by atoms with van der Waals surface area (Å²) in [4.78, 5) is 2.44. The highest BCUT2D eigenvalue weighted by atomic mass is 16.5. The van der Waals surface area contributed by atoms with E-state index in [9.17, 15) is 0 Å². The van der Waals surface area contributed by atoms with Gasteiger partial charge in [0.2, 0.25) is 0 Å². The van der Waals surface area contributed by atoms with E-state index < -0.39 is 0 Å². The van der Waals surface area contributed by atoms with Gasteiger partial charge in [-0.15, -0.1) is 0 Å². The molecule has 23 heavy (non-hydrogen) atoms. The van der Waals surface area contributed by atoms with E-state index in [2.05, 4.69) is 33.7 Å². The lowest BCUT2D eigenvalue weighted by atomic mass is 10.1. The van der Waals surface area contributed by atoms with Crippen molar-refractivity contribution in [1.82, 2.24) is 9.47 Å². The lowest BCUT2D eigenvalue weighted by Gasteiger charge is -2.26. The van der Waals surface area contributed by atoms with Crippen LogP contribution in [0.3, 0.4) is 0 Å². The minimum atomic E-state index is 0.793. The van der Waals surface area contributed by atoms with E-state index in [4.69, 9.17) is 16.2 Å². The van der Waals surface area contributed by atoms with Gasteiger partial charge in [0.15, 0.2) is 0 Å². The van der Waals surface area contributed by atoms with Crippen LogP contribution >= 0.6 is 0 Å². The zero-order valence-corrected chi connectivity index (χ0v) is 13.2. The molecule has 0 bridgehead atoms. The summed E-state index contributed by atoms with van der Waals surface area (Å²) in [6.45, 7) is 5.59. The van der Waals surface area contributed by atoms with Crippen molar-refractivity contribution in [1.29, 1.82) is 0 Å². The van der Waals surface area contributed by atoms with Gasteiger partial charge in [-0.2, -0.15) is 0 Å². The van der Waals surface area contributed by atoms with Crippen molar-refractivity contribution in [2.75, 3.05) is 44.3 Å². The molecule has 4 rings (SSSR count). The molecule has 0 amide bonds. The quantitative estimate of drug-likeness (QED) is 0.728. The summed E-state index contributed by atoms with van der Waals surface area (Å²) in [5, 5.41) is 2.47. The molecule has 1 saturated heterocycles. The topological polar surface area (TPSA) is 69.4 Å². The fourth-order valence-corrected chi connectivity index (χ4v) is 3.44. The Morgan fingerprint density at radius 2 is 1.39 bits per heavy atom.